The van der Waals surface area contributed by atoms with E-state index in [-0.39, 0.29) is 17.9 Å². The first-order chi connectivity index (χ1) is 30.3. The van der Waals surface area contributed by atoms with E-state index in [9.17, 15) is 14.2 Å². The summed E-state index contributed by atoms with van der Waals surface area (Å²) in [4.78, 5) is 40.1. The molecule has 0 radical (unpaired) electrons. The molecule has 3 fully saturated rings. The number of rotatable bonds is 16. The summed E-state index contributed by atoms with van der Waals surface area (Å²) in [5, 5.41) is 21.7. The molecule has 2 saturated heterocycles. The van der Waals surface area contributed by atoms with Gasteiger partial charge in [-0.1, -0.05) is 25.1 Å². The minimum absolute atomic E-state index is 0.201. The lowest BCUT2D eigenvalue weighted by atomic mass is 9.76. The Morgan fingerprint density at radius 3 is 2.35 bits per heavy atom. The van der Waals surface area contributed by atoms with Crippen LogP contribution < -0.4 is 46.8 Å². The number of pyridine rings is 1. The number of anilines is 6. The van der Waals surface area contributed by atoms with E-state index in [0.29, 0.717) is 58.5 Å². The Kier molecular flexibility index (Phi) is 13.7. The Balaban J connectivity index is 0.814. The lowest BCUT2D eigenvalue weighted by Gasteiger charge is -2.37. The van der Waals surface area contributed by atoms with Crippen LogP contribution in [0.3, 0.4) is 0 Å². The topological polar surface area (TPSA) is 175 Å². The molecule has 16 heteroatoms. The molecule has 14 nitrogen and oxygen atoms in total. The molecule has 6 N–H and O–H groups in total. The number of piperidine rings is 2. The van der Waals surface area contributed by atoms with Crippen LogP contribution in [0.25, 0.3) is 10.9 Å². The number of hydrogen-bond acceptors (Lipinski definition) is 13. The Morgan fingerprint density at radius 2 is 1.65 bits per heavy atom. The number of carbonyl (C=O) groups is 2. The first kappa shape index (κ1) is 44.5. The average molecular weight is 938 g/mol. The molecule has 1 aliphatic carbocycles. The Morgan fingerprint density at radius 1 is 0.905 bits per heavy atom. The fraction of sp³-hybridized carbons (Fsp3) is 0.426. The van der Waals surface area contributed by atoms with Crippen molar-refractivity contribution in [3.05, 3.63) is 88.2 Å². The van der Waals surface area contributed by atoms with Crippen LogP contribution in [0.15, 0.2) is 71.3 Å². The van der Waals surface area contributed by atoms with Gasteiger partial charge in [0.2, 0.25) is 17.8 Å². The van der Waals surface area contributed by atoms with Crippen molar-refractivity contribution < 1.29 is 18.9 Å². The van der Waals surface area contributed by atoms with Gasteiger partial charge >= 0.3 is 0 Å². The van der Waals surface area contributed by atoms with Gasteiger partial charge in [0.25, 0.3) is 0 Å². The molecule has 0 bridgehead atoms. The lowest BCUT2D eigenvalue weighted by Crippen LogP contribution is -2.47. The number of amides is 2. The second-order valence-electron chi connectivity index (χ2n) is 17.3. The highest BCUT2D eigenvalue weighted by molar-refractivity contribution is 9.10. The van der Waals surface area contributed by atoms with E-state index >= 15 is 0 Å². The van der Waals surface area contributed by atoms with E-state index in [4.69, 9.17) is 9.72 Å². The average Bonchev–Trinajstić information content (AvgIpc) is 3.25. The maximum Gasteiger partial charge on any atom is 0.249 e. The van der Waals surface area contributed by atoms with Crippen molar-refractivity contribution in [2.45, 2.75) is 82.8 Å². The van der Waals surface area contributed by atoms with Gasteiger partial charge in [0.1, 0.15) is 24.8 Å². The van der Waals surface area contributed by atoms with Gasteiger partial charge in [0.05, 0.1) is 28.5 Å². The molecule has 8 rings (SSSR count). The first-order valence-corrected chi connectivity index (χ1v) is 25.4. The van der Waals surface area contributed by atoms with Crippen molar-refractivity contribution in [2.24, 2.45) is 0 Å². The number of halogens is 1. The zero-order valence-corrected chi connectivity index (χ0v) is 39.2. The quantitative estimate of drug-likeness (QED) is 0.0323. The molecule has 1 unspecified atom stereocenters. The van der Waals surface area contributed by atoms with Gasteiger partial charge in [0, 0.05) is 84.7 Å². The monoisotopic (exact) mass is 936 g/mol. The molecular formula is C47H58BrN10O4P. The summed E-state index contributed by atoms with van der Waals surface area (Å²) in [5.74, 6) is 1.75. The number of nitrogens with one attached hydrogen (secondary N) is 6. The number of benzene rings is 3. The van der Waals surface area contributed by atoms with Gasteiger partial charge in [-0.15, -0.1) is 0 Å². The van der Waals surface area contributed by atoms with E-state index in [2.05, 4.69) is 93.9 Å². The maximum absolute atomic E-state index is 13.6. The third kappa shape index (κ3) is 10.5. The normalized spacial score (nSPS) is 19.4. The van der Waals surface area contributed by atoms with Crippen LogP contribution in [-0.4, -0.2) is 91.5 Å². The summed E-state index contributed by atoms with van der Waals surface area (Å²) in [6.07, 6.45) is 7.82. The largest absolute Gasteiger partial charge is 0.494 e. The molecule has 332 valence electrons. The molecule has 63 heavy (non-hydrogen) atoms. The molecule has 1 saturated carbocycles. The number of aromatic nitrogens is 3. The Labute approximate surface area is 378 Å². The predicted octanol–water partition coefficient (Wildman–Crippen LogP) is 7.71. The van der Waals surface area contributed by atoms with Gasteiger partial charge in [-0.3, -0.25) is 19.9 Å². The van der Waals surface area contributed by atoms with Crippen molar-refractivity contribution in [1.29, 1.82) is 0 Å². The summed E-state index contributed by atoms with van der Waals surface area (Å²) < 4.78 is 20.2. The highest BCUT2D eigenvalue weighted by Gasteiger charge is 2.31. The van der Waals surface area contributed by atoms with E-state index in [1.165, 1.54) is 16.8 Å². The van der Waals surface area contributed by atoms with Gasteiger partial charge in [-0.25, -0.2) is 4.98 Å². The van der Waals surface area contributed by atoms with Crippen LogP contribution in [0, 0.1) is 6.92 Å². The number of nitrogens with zero attached hydrogens (tertiary/aromatic N) is 4. The highest BCUT2D eigenvalue weighted by Crippen LogP contribution is 2.43. The smallest absolute Gasteiger partial charge is 0.249 e. The number of imide groups is 1. The van der Waals surface area contributed by atoms with Crippen molar-refractivity contribution in [1.82, 2.24) is 30.9 Å². The second-order valence-corrected chi connectivity index (χ2v) is 21.3. The van der Waals surface area contributed by atoms with Gasteiger partial charge in [-0.2, -0.15) is 4.98 Å². The molecule has 2 aromatic heterocycles. The van der Waals surface area contributed by atoms with Crippen LogP contribution in [0.2, 0.25) is 0 Å². The fourth-order valence-corrected chi connectivity index (χ4v) is 10.8. The zero-order valence-electron chi connectivity index (χ0n) is 36.7. The summed E-state index contributed by atoms with van der Waals surface area (Å²) >= 11 is 3.62. The van der Waals surface area contributed by atoms with Crippen LogP contribution >= 0.6 is 23.1 Å². The van der Waals surface area contributed by atoms with E-state index in [0.717, 1.165) is 91.6 Å². The summed E-state index contributed by atoms with van der Waals surface area (Å²) in [7, 11) is -1.03. The molecular weight excluding hydrogens is 879 g/mol. The zero-order chi connectivity index (χ0) is 44.3. The fourth-order valence-electron chi connectivity index (χ4n) is 9.01. The minimum atomic E-state index is -2.72. The first-order valence-electron chi connectivity index (χ1n) is 22.0. The third-order valence-electron chi connectivity index (χ3n) is 12.5. The molecule has 2 aliphatic heterocycles. The highest BCUT2D eigenvalue weighted by atomic mass is 79.9. The molecule has 3 aliphatic rings. The second kappa shape index (κ2) is 19.3. The van der Waals surface area contributed by atoms with E-state index in [1.807, 2.05) is 43.3 Å². The summed E-state index contributed by atoms with van der Waals surface area (Å²) in [6.45, 7) is 11.5. The number of hydrogen-bond donors (Lipinski definition) is 6. The molecule has 4 heterocycles. The molecule has 3 aromatic carbocycles. The predicted molar refractivity (Wildman–Crippen MR) is 257 cm³/mol. The third-order valence-corrected chi connectivity index (χ3v) is 14.6. The van der Waals surface area contributed by atoms with Crippen molar-refractivity contribution >= 4 is 85.6 Å². The molecule has 5 aromatic rings. The summed E-state index contributed by atoms with van der Waals surface area (Å²) in [5.41, 5.74) is 7.85. The molecule has 1 atom stereocenters. The number of ether oxygens (including phenoxy) is 1. The maximum atomic E-state index is 13.6. The van der Waals surface area contributed by atoms with Crippen molar-refractivity contribution in [3.63, 3.8) is 0 Å². The van der Waals surface area contributed by atoms with Crippen LogP contribution in [-0.2, 0) is 20.6 Å². The van der Waals surface area contributed by atoms with Gasteiger partial charge in [-0.05, 0) is 128 Å². The molecule has 2 amide bonds. The van der Waals surface area contributed by atoms with Crippen LogP contribution in [0.1, 0.15) is 68.2 Å². The Bertz CT molecular complexity index is 2520. The Hall–Kier alpha value is -5.08. The summed E-state index contributed by atoms with van der Waals surface area (Å²) in [6, 6.07) is 21.1. The van der Waals surface area contributed by atoms with Gasteiger partial charge in [0.15, 0.2) is 0 Å². The van der Waals surface area contributed by atoms with Crippen LogP contribution in [0.5, 0.6) is 5.75 Å². The van der Waals surface area contributed by atoms with Crippen molar-refractivity contribution in [2.75, 3.05) is 67.5 Å². The number of methoxy groups -OCH3 is 1. The van der Waals surface area contributed by atoms with Crippen LogP contribution in [0.4, 0.5) is 34.5 Å². The number of carbonyl (C=O) groups excluding carboxylic acids is 2. The lowest BCUT2D eigenvalue weighted by molar-refractivity contribution is -0.133. The van der Waals surface area contributed by atoms with Crippen molar-refractivity contribution in [3.8, 4) is 5.75 Å². The molecule has 0 spiro atoms. The van der Waals surface area contributed by atoms with E-state index in [1.54, 1.807) is 26.6 Å². The standard InChI is InChI=1S/C47H58BrN10O4P/c1-6-29-25-40(55-47-51-27-36(48)45(57-47)54-38-14-13-37-35(12-7-28(2)52-37)44(38)63(4,5)61)42(62-3)26-41(29)58-21-17-32(18-22-58)49-19-20-50-34-23-31(24-34)30-8-10-33(11-9-30)53-39-15-16-43(59)56-46(39)60/h7-14,25-27,31-32,34,39,49-50,53H,6,15-24H2,1-5H3,(H,56,59,60)(H2,51,54,55,57). The number of aryl methyl sites for hydroxylation is 2. The van der Waals surface area contributed by atoms with Gasteiger partial charge < -0.3 is 40.8 Å². The van der Waals surface area contributed by atoms with E-state index < -0.39 is 7.14 Å². The number of fused-ring (bicyclic) bond motifs is 1. The minimum Gasteiger partial charge on any atom is -0.494 e. The SMILES string of the molecule is CCc1cc(Nc2ncc(Br)c(Nc3ccc4nc(C)ccc4c3P(C)(C)=O)n2)c(OC)cc1N1CCC(NCCNC2CC(c3ccc(NC4CCC(=O)NC4=O)cc3)C2)CC1.